The van der Waals surface area contributed by atoms with Crippen LogP contribution in [0.25, 0.3) is 16.4 Å². The minimum absolute atomic E-state index is 0.213. The maximum Gasteiger partial charge on any atom is 0.368 e. The van der Waals surface area contributed by atoms with Crippen molar-refractivity contribution < 1.29 is 4.79 Å². The number of fused-ring (bicyclic) bond motifs is 3. The minimum Gasteiger partial charge on any atom is -0.287 e. The van der Waals surface area contributed by atoms with Crippen LogP contribution in [-0.4, -0.2) is 25.6 Å². The number of ketones is 1. The van der Waals surface area contributed by atoms with Gasteiger partial charge in [-0.2, -0.15) is 14.6 Å². The van der Waals surface area contributed by atoms with E-state index in [0.29, 0.717) is 22.0 Å². The highest BCUT2D eigenvalue weighted by Gasteiger charge is 2.19. The Morgan fingerprint density at radius 3 is 2.61 bits per heavy atom. The molecule has 0 saturated carbocycles. The average molecular weight is 304 g/mol. The van der Waals surface area contributed by atoms with E-state index in [1.807, 2.05) is 31.2 Å². The van der Waals surface area contributed by atoms with E-state index in [9.17, 15) is 9.59 Å². The molecule has 2 heterocycles. The topological polar surface area (TPSA) is 80.1 Å². The lowest BCUT2D eigenvalue weighted by Gasteiger charge is -2.02. The van der Waals surface area contributed by atoms with Gasteiger partial charge in [0.25, 0.3) is 0 Å². The lowest BCUT2D eigenvalue weighted by atomic mass is 10.0. The second-order valence-electron chi connectivity index (χ2n) is 5.35. The van der Waals surface area contributed by atoms with Crippen LogP contribution < -0.4 is 5.69 Å². The van der Waals surface area contributed by atoms with Gasteiger partial charge in [-0.25, -0.2) is 10.0 Å². The first-order valence-electron chi connectivity index (χ1n) is 7.12. The summed E-state index contributed by atoms with van der Waals surface area (Å²) in [5.74, 6) is -0.237. The molecule has 0 aliphatic carbocycles. The highest BCUT2D eigenvalue weighted by atomic mass is 16.1. The molecule has 112 valence electrons. The first-order valence-corrected chi connectivity index (χ1v) is 7.12. The summed E-state index contributed by atoms with van der Waals surface area (Å²) in [5, 5.41) is 7.34. The van der Waals surface area contributed by atoms with Crippen LogP contribution in [0.3, 0.4) is 0 Å². The zero-order valence-electron chi connectivity index (χ0n) is 12.3. The van der Waals surface area contributed by atoms with Crippen molar-refractivity contribution in [2.45, 2.75) is 6.92 Å². The molecule has 0 fully saturated rings. The highest BCUT2D eigenvalue weighted by molar-refractivity contribution is 6.15. The van der Waals surface area contributed by atoms with E-state index in [1.165, 1.54) is 4.52 Å². The number of hydrogen-bond donors (Lipinski definition) is 1. The van der Waals surface area contributed by atoms with E-state index >= 15 is 0 Å². The normalized spacial score (nSPS) is 11.2. The van der Waals surface area contributed by atoms with Crippen molar-refractivity contribution in [3.8, 4) is 0 Å². The second-order valence-corrected chi connectivity index (χ2v) is 5.35. The Hall–Kier alpha value is -3.28. The van der Waals surface area contributed by atoms with Gasteiger partial charge in [0.05, 0.1) is 5.52 Å². The third-order valence-electron chi connectivity index (χ3n) is 3.81. The summed E-state index contributed by atoms with van der Waals surface area (Å²) in [6, 6.07) is 14.4. The van der Waals surface area contributed by atoms with Crippen molar-refractivity contribution in [3.05, 3.63) is 75.8 Å². The van der Waals surface area contributed by atoms with Crippen molar-refractivity contribution in [2.75, 3.05) is 0 Å². The summed E-state index contributed by atoms with van der Waals surface area (Å²) in [6.45, 7) is 1.96. The molecule has 0 saturated heterocycles. The largest absolute Gasteiger partial charge is 0.368 e. The van der Waals surface area contributed by atoms with E-state index in [4.69, 9.17) is 0 Å². The number of H-pyrrole nitrogens is 1. The van der Waals surface area contributed by atoms with Gasteiger partial charge in [0.1, 0.15) is 5.52 Å². The predicted octanol–water partition coefficient (Wildman–Crippen LogP) is 2.11. The Bertz CT molecular complexity index is 1110. The summed E-state index contributed by atoms with van der Waals surface area (Å²) in [4.78, 5) is 28.8. The number of carbonyl (C=O) groups excluding carboxylic acids is 1. The number of carbonyl (C=O) groups is 1. The summed E-state index contributed by atoms with van der Waals surface area (Å²) in [6.07, 6.45) is 0. The van der Waals surface area contributed by atoms with Gasteiger partial charge >= 0.3 is 5.69 Å². The maximum atomic E-state index is 12.8. The van der Waals surface area contributed by atoms with Gasteiger partial charge < -0.3 is 0 Å². The number of nitrogens with zero attached hydrogens (tertiary/aromatic N) is 3. The molecule has 0 atom stereocenters. The Kier molecular flexibility index (Phi) is 2.84. The molecule has 1 N–H and O–H groups in total. The van der Waals surface area contributed by atoms with E-state index < -0.39 is 5.69 Å². The highest BCUT2D eigenvalue weighted by Crippen LogP contribution is 2.20. The summed E-state index contributed by atoms with van der Waals surface area (Å²) >= 11 is 0. The standard InChI is InChI=1S/C17H12N4O2/c1-10-6-8-11(9-7-10)16(22)14-15-12-4-2-3-5-13(12)18-17(23)21(15)20-19-14/h2-9,20H,1H3. The zero-order chi connectivity index (χ0) is 16.0. The van der Waals surface area contributed by atoms with Crippen LogP contribution in [-0.2, 0) is 0 Å². The van der Waals surface area contributed by atoms with Gasteiger partial charge in [0, 0.05) is 10.9 Å². The summed E-state index contributed by atoms with van der Waals surface area (Å²) < 4.78 is 1.20. The number of aromatic nitrogens is 4. The number of nitrogens with one attached hydrogen (secondary N) is 1. The molecule has 0 bridgehead atoms. The van der Waals surface area contributed by atoms with Crippen molar-refractivity contribution in [2.24, 2.45) is 0 Å². The quantitative estimate of drug-likeness (QED) is 0.575. The minimum atomic E-state index is -0.492. The van der Waals surface area contributed by atoms with Crippen molar-refractivity contribution >= 4 is 22.2 Å². The fourth-order valence-corrected chi connectivity index (χ4v) is 2.62. The lowest BCUT2D eigenvalue weighted by molar-refractivity contribution is 0.103. The Labute approximate surface area is 130 Å². The molecule has 0 aliphatic heterocycles. The summed E-state index contributed by atoms with van der Waals surface area (Å²) in [5.41, 5.74) is 2.30. The molecule has 2 aromatic heterocycles. The molecular formula is C17H12N4O2. The molecule has 6 nitrogen and oxygen atoms in total. The fraction of sp³-hybridized carbons (Fsp3) is 0.0588. The van der Waals surface area contributed by atoms with Gasteiger partial charge in [0.2, 0.25) is 5.78 Å². The number of aryl methyl sites for hydroxylation is 1. The van der Waals surface area contributed by atoms with Crippen LogP contribution in [0.5, 0.6) is 0 Å². The Morgan fingerprint density at radius 2 is 1.83 bits per heavy atom. The number of benzene rings is 2. The number of aromatic amines is 1. The average Bonchev–Trinajstić information content (AvgIpc) is 3.01. The number of para-hydroxylation sites is 1. The molecule has 4 rings (SSSR count). The Balaban J connectivity index is 2.02. The van der Waals surface area contributed by atoms with Gasteiger partial charge in [-0.1, -0.05) is 48.0 Å². The van der Waals surface area contributed by atoms with Crippen LogP contribution in [0.4, 0.5) is 0 Å². The monoisotopic (exact) mass is 304 g/mol. The fourth-order valence-electron chi connectivity index (χ4n) is 2.62. The molecule has 0 aliphatic rings. The van der Waals surface area contributed by atoms with E-state index in [2.05, 4.69) is 15.3 Å². The van der Waals surface area contributed by atoms with Crippen LogP contribution in [0.1, 0.15) is 21.6 Å². The molecule has 0 unspecified atom stereocenters. The van der Waals surface area contributed by atoms with Crippen molar-refractivity contribution in [3.63, 3.8) is 0 Å². The second kappa shape index (κ2) is 4.88. The third kappa shape index (κ3) is 2.03. The molecule has 0 amide bonds. The zero-order valence-corrected chi connectivity index (χ0v) is 12.3. The number of hydrogen-bond acceptors (Lipinski definition) is 4. The van der Waals surface area contributed by atoms with Crippen LogP contribution in [0.2, 0.25) is 0 Å². The SMILES string of the molecule is Cc1ccc(C(=O)c2n[nH]n3c(=O)nc4ccccc4c23)cc1. The third-order valence-corrected chi connectivity index (χ3v) is 3.81. The predicted molar refractivity (Wildman–Crippen MR) is 85.7 cm³/mol. The van der Waals surface area contributed by atoms with Crippen molar-refractivity contribution in [1.29, 1.82) is 0 Å². The molecule has 0 radical (unpaired) electrons. The smallest absolute Gasteiger partial charge is 0.287 e. The van der Waals surface area contributed by atoms with Gasteiger partial charge in [-0.15, -0.1) is 0 Å². The van der Waals surface area contributed by atoms with Crippen LogP contribution >= 0.6 is 0 Å². The van der Waals surface area contributed by atoms with Gasteiger partial charge in [0.15, 0.2) is 5.69 Å². The molecule has 2 aromatic carbocycles. The molecular weight excluding hydrogens is 292 g/mol. The van der Waals surface area contributed by atoms with Crippen LogP contribution in [0.15, 0.2) is 53.3 Å². The molecule has 23 heavy (non-hydrogen) atoms. The molecule has 4 aromatic rings. The first-order chi connectivity index (χ1) is 11.1. The maximum absolute atomic E-state index is 12.8. The Morgan fingerprint density at radius 1 is 1.09 bits per heavy atom. The first kappa shape index (κ1) is 13.4. The molecule has 0 spiro atoms. The van der Waals surface area contributed by atoms with E-state index in [0.717, 1.165) is 5.56 Å². The van der Waals surface area contributed by atoms with Gasteiger partial charge in [-0.05, 0) is 13.0 Å². The lowest BCUT2D eigenvalue weighted by Crippen LogP contribution is -2.17. The van der Waals surface area contributed by atoms with E-state index in [-0.39, 0.29) is 11.5 Å². The van der Waals surface area contributed by atoms with Crippen LogP contribution in [0, 0.1) is 6.92 Å². The number of rotatable bonds is 2. The summed E-state index contributed by atoms with van der Waals surface area (Å²) in [7, 11) is 0. The van der Waals surface area contributed by atoms with Crippen molar-refractivity contribution in [1.82, 2.24) is 19.8 Å². The van der Waals surface area contributed by atoms with Gasteiger partial charge in [-0.3, -0.25) is 4.79 Å². The molecule has 6 heteroatoms. The van der Waals surface area contributed by atoms with E-state index in [1.54, 1.807) is 24.3 Å².